The SMILES string of the molecule is O=C(c1cccc(-c2ccc(=O)[nH]n2)c1)N1CCCC1c1nccc(=O)[nH]1. The van der Waals surface area contributed by atoms with E-state index in [-0.39, 0.29) is 23.1 Å². The van der Waals surface area contributed by atoms with Gasteiger partial charge >= 0.3 is 0 Å². The molecule has 4 rings (SSSR count). The Morgan fingerprint density at radius 1 is 1.11 bits per heavy atom. The normalized spacial score (nSPS) is 16.4. The molecule has 0 bridgehead atoms. The maximum absolute atomic E-state index is 13.1. The summed E-state index contributed by atoms with van der Waals surface area (Å²) >= 11 is 0. The van der Waals surface area contributed by atoms with Crippen molar-refractivity contribution in [2.45, 2.75) is 18.9 Å². The second-order valence-corrected chi connectivity index (χ2v) is 6.36. The predicted molar refractivity (Wildman–Crippen MR) is 98.2 cm³/mol. The molecule has 1 atom stereocenters. The van der Waals surface area contributed by atoms with Crippen molar-refractivity contribution in [1.29, 1.82) is 0 Å². The molecule has 0 aliphatic carbocycles. The van der Waals surface area contributed by atoms with Crippen molar-refractivity contribution in [3.63, 3.8) is 0 Å². The molecule has 0 radical (unpaired) electrons. The minimum Gasteiger partial charge on any atom is -0.328 e. The Morgan fingerprint density at radius 2 is 2.00 bits per heavy atom. The summed E-state index contributed by atoms with van der Waals surface area (Å²) in [6, 6.07) is 11.2. The van der Waals surface area contributed by atoms with E-state index in [9.17, 15) is 14.4 Å². The Balaban J connectivity index is 1.64. The van der Waals surface area contributed by atoms with Gasteiger partial charge in [0.25, 0.3) is 17.0 Å². The largest absolute Gasteiger partial charge is 0.328 e. The van der Waals surface area contributed by atoms with Crippen molar-refractivity contribution < 1.29 is 4.79 Å². The first-order chi connectivity index (χ1) is 13.1. The van der Waals surface area contributed by atoms with Crippen molar-refractivity contribution in [2.24, 2.45) is 0 Å². The zero-order chi connectivity index (χ0) is 18.8. The molecular weight excluding hydrogens is 346 g/mol. The zero-order valence-corrected chi connectivity index (χ0v) is 14.4. The van der Waals surface area contributed by atoms with Crippen LogP contribution in [0.4, 0.5) is 0 Å². The highest BCUT2D eigenvalue weighted by atomic mass is 16.2. The molecule has 27 heavy (non-hydrogen) atoms. The third-order valence-electron chi connectivity index (χ3n) is 4.60. The first kappa shape index (κ1) is 16.9. The first-order valence-electron chi connectivity index (χ1n) is 8.64. The average Bonchev–Trinajstić information content (AvgIpc) is 3.18. The van der Waals surface area contributed by atoms with Crippen LogP contribution in [-0.4, -0.2) is 37.5 Å². The second-order valence-electron chi connectivity index (χ2n) is 6.36. The number of benzene rings is 1. The monoisotopic (exact) mass is 363 g/mol. The average molecular weight is 363 g/mol. The van der Waals surface area contributed by atoms with Gasteiger partial charge in [-0.15, -0.1) is 0 Å². The Kier molecular flexibility index (Phi) is 4.37. The molecule has 1 unspecified atom stereocenters. The molecule has 2 N–H and O–H groups in total. The van der Waals surface area contributed by atoms with Crippen LogP contribution in [0.25, 0.3) is 11.3 Å². The van der Waals surface area contributed by atoms with E-state index in [1.165, 1.54) is 18.3 Å². The van der Waals surface area contributed by atoms with E-state index in [1.54, 1.807) is 29.2 Å². The van der Waals surface area contributed by atoms with Gasteiger partial charge in [-0.3, -0.25) is 14.4 Å². The van der Waals surface area contributed by atoms with Gasteiger partial charge in [-0.1, -0.05) is 12.1 Å². The van der Waals surface area contributed by atoms with Crippen LogP contribution in [0, 0.1) is 0 Å². The number of carbonyl (C=O) groups is 1. The summed E-state index contributed by atoms with van der Waals surface area (Å²) in [5, 5.41) is 6.40. The van der Waals surface area contributed by atoms with Crippen LogP contribution in [0.5, 0.6) is 0 Å². The van der Waals surface area contributed by atoms with E-state index in [0.29, 0.717) is 23.6 Å². The zero-order valence-electron chi connectivity index (χ0n) is 14.4. The smallest absolute Gasteiger partial charge is 0.264 e. The molecule has 136 valence electrons. The second kappa shape index (κ2) is 6.99. The van der Waals surface area contributed by atoms with Crippen molar-refractivity contribution in [2.75, 3.05) is 6.54 Å². The fourth-order valence-corrected chi connectivity index (χ4v) is 3.33. The fourth-order valence-electron chi connectivity index (χ4n) is 3.33. The molecule has 1 saturated heterocycles. The van der Waals surface area contributed by atoms with Gasteiger partial charge in [0, 0.05) is 36.0 Å². The lowest BCUT2D eigenvalue weighted by Crippen LogP contribution is -2.32. The third kappa shape index (κ3) is 3.41. The molecule has 3 aromatic rings. The highest BCUT2D eigenvalue weighted by molar-refractivity contribution is 5.95. The van der Waals surface area contributed by atoms with Crippen LogP contribution < -0.4 is 11.1 Å². The number of nitrogens with zero attached hydrogens (tertiary/aromatic N) is 3. The van der Waals surface area contributed by atoms with Gasteiger partial charge in [0.1, 0.15) is 5.82 Å². The Morgan fingerprint density at radius 3 is 2.78 bits per heavy atom. The molecule has 0 spiro atoms. The molecule has 8 nitrogen and oxygen atoms in total. The van der Waals surface area contributed by atoms with Gasteiger partial charge in [0.05, 0.1) is 11.7 Å². The lowest BCUT2D eigenvalue weighted by atomic mass is 10.1. The summed E-state index contributed by atoms with van der Waals surface area (Å²) < 4.78 is 0. The quantitative estimate of drug-likeness (QED) is 0.732. The molecule has 1 amide bonds. The van der Waals surface area contributed by atoms with Crippen molar-refractivity contribution in [3.05, 3.63) is 80.8 Å². The lowest BCUT2D eigenvalue weighted by Gasteiger charge is -2.24. The van der Waals surface area contributed by atoms with Gasteiger partial charge in [-0.2, -0.15) is 5.10 Å². The Bertz CT molecular complexity index is 1080. The lowest BCUT2D eigenvalue weighted by molar-refractivity contribution is 0.0729. The van der Waals surface area contributed by atoms with Crippen molar-refractivity contribution >= 4 is 5.91 Å². The number of hydrogen-bond donors (Lipinski definition) is 2. The van der Waals surface area contributed by atoms with Crippen LogP contribution in [0.3, 0.4) is 0 Å². The van der Waals surface area contributed by atoms with Gasteiger partial charge < -0.3 is 9.88 Å². The summed E-state index contributed by atoms with van der Waals surface area (Å²) in [6.07, 6.45) is 3.05. The first-order valence-corrected chi connectivity index (χ1v) is 8.64. The summed E-state index contributed by atoms with van der Waals surface area (Å²) in [7, 11) is 0. The van der Waals surface area contributed by atoms with Gasteiger partial charge in [-0.05, 0) is 31.0 Å². The standard InChI is InChI=1S/C19H17N5O3/c25-16-8-9-20-18(21-16)15-5-2-10-24(15)19(27)13-4-1-3-12(11-13)14-6-7-17(26)23-22-14/h1,3-4,6-9,11,15H,2,5,10H2,(H,23,26)(H,20,21,25). The van der Waals surface area contributed by atoms with Crippen LogP contribution in [0.1, 0.15) is 35.1 Å². The maximum Gasteiger partial charge on any atom is 0.264 e. The van der Waals surface area contributed by atoms with E-state index >= 15 is 0 Å². The maximum atomic E-state index is 13.1. The number of hydrogen-bond acceptors (Lipinski definition) is 5. The highest BCUT2D eigenvalue weighted by Gasteiger charge is 2.32. The number of aromatic amines is 2. The number of carbonyl (C=O) groups excluding carboxylic acids is 1. The number of nitrogens with one attached hydrogen (secondary N) is 2. The van der Waals surface area contributed by atoms with Crippen LogP contribution in [0.2, 0.25) is 0 Å². The molecule has 1 aromatic carbocycles. The minimum atomic E-state index is -0.282. The molecular formula is C19H17N5O3. The Labute approximate surface area is 153 Å². The van der Waals surface area contributed by atoms with Crippen molar-refractivity contribution in [3.8, 4) is 11.3 Å². The Hall–Kier alpha value is -3.55. The number of amides is 1. The fraction of sp³-hybridized carbons (Fsp3) is 0.211. The third-order valence-corrected chi connectivity index (χ3v) is 4.60. The predicted octanol–water partition coefficient (Wildman–Crippen LogP) is 1.50. The van der Waals surface area contributed by atoms with E-state index in [1.807, 2.05) is 6.07 Å². The van der Waals surface area contributed by atoms with Gasteiger partial charge in [0.15, 0.2) is 0 Å². The molecule has 0 saturated carbocycles. The molecule has 8 heteroatoms. The molecule has 3 heterocycles. The molecule has 1 fully saturated rings. The number of aromatic nitrogens is 4. The van der Waals surface area contributed by atoms with Gasteiger partial charge in [-0.25, -0.2) is 10.1 Å². The summed E-state index contributed by atoms with van der Waals surface area (Å²) in [6.45, 7) is 0.600. The topological polar surface area (TPSA) is 112 Å². The minimum absolute atomic E-state index is 0.129. The summed E-state index contributed by atoms with van der Waals surface area (Å²) in [5.41, 5.74) is 1.32. The van der Waals surface area contributed by atoms with Crippen molar-refractivity contribution in [1.82, 2.24) is 25.1 Å². The van der Waals surface area contributed by atoms with E-state index in [4.69, 9.17) is 0 Å². The molecule has 2 aromatic heterocycles. The van der Waals surface area contributed by atoms with Gasteiger partial charge in [0.2, 0.25) is 0 Å². The summed E-state index contributed by atoms with van der Waals surface area (Å²) in [5.74, 6) is 0.377. The molecule has 1 aliphatic rings. The number of rotatable bonds is 3. The van der Waals surface area contributed by atoms with Crippen LogP contribution in [-0.2, 0) is 0 Å². The molecule has 1 aliphatic heterocycles. The van der Waals surface area contributed by atoms with E-state index in [0.717, 1.165) is 18.4 Å². The van der Waals surface area contributed by atoms with Crippen LogP contribution >= 0.6 is 0 Å². The summed E-state index contributed by atoms with van der Waals surface area (Å²) in [4.78, 5) is 44.5. The van der Waals surface area contributed by atoms with Crippen LogP contribution in [0.15, 0.2) is 58.3 Å². The highest BCUT2D eigenvalue weighted by Crippen LogP contribution is 2.31. The van der Waals surface area contributed by atoms with E-state index in [2.05, 4.69) is 20.2 Å². The van der Waals surface area contributed by atoms with E-state index < -0.39 is 0 Å². The number of likely N-dealkylation sites (tertiary alicyclic amines) is 1. The number of H-pyrrole nitrogens is 2.